The average molecular weight is 226 g/mol. The second-order valence-corrected chi connectivity index (χ2v) is 6.15. The van der Waals surface area contributed by atoms with Gasteiger partial charge < -0.3 is 10.6 Å². The van der Waals surface area contributed by atoms with E-state index in [1.807, 2.05) is 0 Å². The van der Waals surface area contributed by atoms with E-state index in [-0.39, 0.29) is 0 Å². The van der Waals surface area contributed by atoms with E-state index in [0.29, 0.717) is 11.8 Å². The van der Waals surface area contributed by atoms with Crippen LogP contribution in [0.15, 0.2) is 0 Å². The van der Waals surface area contributed by atoms with Crippen molar-refractivity contribution in [1.82, 2.24) is 4.90 Å². The molecular weight excluding hydrogens is 196 g/mol. The molecule has 1 rings (SSSR count). The van der Waals surface area contributed by atoms with Crippen molar-refractivity contribution in [3.05, 3.63) is 0 Å². The maximum Gasteiger partial charge on any atom is 0.00965 e. The number of nitrogens with two attached hydrogens (primary N) is 1. The summed E-state index contributed by atoms with van der Waals surface area (Å²) >= 11 is 0. The quantitative estimate of drug-likeness (QED) is 0.689. The maximum absolute atomic E-state index is 5.87. The van der Waals surface area contributed by atoms with Crippen LogP contribution >= 0.6 is 0 Å². The second-order valence-electron chi connectivity index (χ2n) is 6.15. The molecule has 0 heterocycles. The van der Waals surface area contributed by atoms with E-state index in [9.17, 15) is 0 Å². The average Bonchev–Trinajstić information content (AvgIpc) is 3.01. The summed E-state index contributed by atoms with van der Waals surface area (Å²) in [5, 5.41) is 0. The highest BCUT2D eigenvalue weighted by Crippen LogP contribution is 2.29. The van der Waals surface area contributed by atoms with Crippen molar-refractivity contribution in [3.63, 3.8) is 0 Å². The summed E-state index contributed by atoms with van der Waals surface area (Å²) < 4.78 is 0. The smallest absolute Gasteiger partial charge is 0.00965 e. The van der Waals surface area contributed by atoms with Gasteiger partial charge in [-0.05, 0) is 50.1 Å². The summed E-state index contributed by atoms with van der Waals surface area (Å²) in [5.74, 6) is 2.20. The van der Waals surface area contributed by atoms with Crippen LogP contribution in [0, 0.1) is 17.8 Å². The lowest BCUT2D eigenvalue weighted by Gasteiger charge is -2.29. The zero-order valence-electron chi connectivity index (χ0n) is 11.6. The fourth-order valence-electron chi connectivity index (χ4n) is 2.15. The van der Waals surface area contributed by atoms with E-state index in [0.717, 1.165) is 18.5 Å². The summed E-state index contributed by atoms with van der Waals surface area (Å²) in [5.41, 5.74) is 5.87. The van der Waals surface area contributed by atoms with E-state index < -0.39 is 0 Å². The van der Waals surface area contributed by atoms with Gasteiger partial charge in [0.25, 0.3) is 0 Å². The standard InChI is InChI=1S/C14H30N2/c1-11(2)7-8-16(14-5-6-14)10-13(9-15)12(3)4/h11-14H,5-10,15H2,1-4H3. The Bertz CT molecular complexity index is 185. The summed E-state index contributed by atoms with van der Waals surface area (Å²) in [6.45, 7) is 12.5. The molecule has 96 valence electrons. The van der Waals surface area contributed by atoms with Crippen molar-refractivity contribution in [3.8, 4) is 0 Å². The first kappa shape index (κ1) is 14.0. The van der Waals surface area contributed by atoms with Crippen LogP contribution in [0.3, 0.4) is 0 Å². The number of nitrogens with zero attached hydrogens (tertiary/aromatic N) is 1. The van der Waals surface area contributed by atoms with Crippen LogP contribution in [-0.4, -0.2) is 30.6 Å². The first-order valence-corrected chi connectivity index (χ1v) is 6.98. The van der Waals surface area contributed by atoms with E-state index in [1.54, 1.807) is 0 Å². The van der Waals surface area contributed by atoms with Crippen molar-refractivity contribution in [2.45, 2.75) is 53.0 Å². The molecule has 2 nitrogen and oxygen atoms in total. The van der Waals surface area contributed by atoms with Crippen molar-refractivity contribution in [2.75, 3.05) is 19.6 Å². The molecule has 2 heteroatoms. The third-order valence-corrected chi connectivity index (χ3v) is 3.77. The minimum absolute atomic E-state index is 0.674. The highest BCUT2D eigenvalue weighted by atomic mass is 15.2. The van der Waals surface area contributed by atoms with Crippen molar-refractivity contribution < 1.29 is 0 Å². The van der Waals surface area contributed by atoms with Gasteiger partial charge in [0.2, 0.25) is 0 Å². The number of rotatable bonds is 8. The molecule has 0 aromatic heterocycles. The molecule has 0 amide bonds. The molecule has 0 bridgehead atoms. The largest absolute Gasteiger partial charge is 0.330 e. The summed E-state index contributed by atoms with van der Waals surface area (Å²) in [6.07, 6.45) is 4.15. The molecule has 1 atom stereocenters. The summed E-state index contributed by atoms with van der Waals surface area (Å²) in [7, 11) is 0. The zero-order chi connectivity index (χ0) is 12.1. The molecule has 16 heavy (non-hydrogen) atoms. The van der Waals surface area contributed by atoms with Crippen LogP contribution < -0.4 is 5.73 Å². The molecule has 1 fully saturated rings. The van der Waals surface area contributed by atoms with E-state index in [2.05, 4.69) is 32.6 Å². The molecule has 0 aromatic rings. The van der Waals surface area contributed by atoms with Crippen molar-refractivity contribution in [1.29, 1.82) is 0 Å². The normalized spacial score (nSPS) is 18.8. The maximum atomic E-state index is 5.87. The third-order valence-electron chi connectivity index (χ3n) is 3.77. The molecule has 1 aliphatic carbocycles. The summed E-state index contributed by atoms with van der Waals surface area (Å²) in [6, 6.07) is 0.881. The Kier molecular flexibility index (Phi) is 5.77. The Morgan fingerprint density at radius 3 is 2.19 bits per heavy atom. The van der Waals surface area contributed by atoms with Gasteiger partial charge >= 0.3 is 0 Å². The topological polar surface area (TPSA) is 29.3 Å². The van der Waals surface area contributed by atoms with Gasteiger partial charge in [-0.25, -0.2) is 0 Å². The van der Waals surface area contributed by atoms with Gasteiger partial charge in [-0.3, -0.25) is 0 Å². The molecule has 0 aliphatic heterocycles. The minimum atomic E-state index is 0.674. The first-order valence-electron chi connectivity index (χ1n) is 6.98. The van der Waals surface area contributed by atoms with Gasteiger partial charge in [0.05, 0.1) is 0 Å². The monoisotopic (exact) mass is 226 g/mol. The Balaban J connectivity index is 2.37. The molecule has 1 unspecified atom stereocenters. The molecule has 0 radical (unpaired) electrons. The Morgan fingerprint density at radius 2 is 1.81 bits per heavy atom. The highest BCUT2D eigenvalue weighted by Gasteiger charge is 2.30. The molecule has 2 N–H and O–H groups in total. The fraction of sp³-hybridized carbons (Fsp3) is 1.00. The summed E-state index contributed by atoms with van der Waals surface area (Å²) in [4.78, 5) is 2.69. The molecule has 0 aromatic carbocycles. The minimum Gasteiger partial charge on any atom is -0.330 e. The van der Waals surface area contributed by atoms with Gasteiger partial charge in [-0.15, -0.1) is 0 Å². The van der Waals surface area contributed by atoms with Gasteiger partial charge in [-0.2, -0.15) is 0 Å². The van der Waals surface area contributed by atoms with Gasteiger partial charge in [0.1, 0.15) is 0 Å². The number of hydrogen-bond acceptors (Lipinski definition) is 2. The third kappa shape index (κ3) is 4.84. The highest BCUT2D eigenvalue weighted by molar-refractivity contribution is 4.86. The first-order chi connectivity index (χ1) is 7.54. The van der Waals surface area contributed by atoms with Crippen LogP contribution in [-0.2, 0) is 0 Å². The van der Waals surface area contributed by atoms with E-state index >= 15 is 0 Å². The van der Waals surface area contributed by atoms with Crippen molar-refractivity contribution in [2.24, 2.45) is 23.5 Å². The molecule has 0 saturated heterocycles. The lowest BCUT2D eigenvalue weighted by Crippen LogP contribution is -2.37. The predicted octanol–water partition coefficient (Wildman–Crippen LogP) is 2.73. The lowest BCUT2D eigenvalue weighted by molar-refractivity contribution is 0.188. The Morgan fingerprint density at radius 1 is 1.19 bits per heavy atom. The molecule has 0 spiro atoms. The van der Waals surface area contributed by atoms with Gasteiger partial charge in [0.15, 0.2) is 0 Å². The zero-order valence-corrected chi connectivity index (χ0v) is 11.6. The van der Waals surface area contributed by atoms with Gasteiger partial charge in [-0.1, -0.05) is 27.7 Å². The molecule has 1 aliphatic rings. The Hall–Kier alpha value is -0.0800. The second kappa shape index (κ2) is 6.61. The van der Waals surface area contributed by atoms with Crippen LogP contribution in [0.4, 0.5) is 0 Å². The molecular formula is C14H30N2. The number of hydrogen-bond donors (Lipinski definition) is 1. The van der Waals surface area contributed by atoms with Crippen LogP contribution in [0.1, 0.15) is 47.0 Å². The lowest BCUT2D eigenvalue weighted by atomic mass is 9.95. The van der Waals surface area contributed by atoms with Crippen molar-refractivity contribution >= 4 is 0 Å². The van der Waals surface area contributed by atoms with Gasteiger partial charge in [0, 0.05) is 12.6 Å². The SMILES string of the molecule is CC(C)CCN(CC(CN)C(C)C)C1CC1. The molecule has 1 saturated carbocycles. The Labute approximate surface area is 102 Å². The fourth-order valence-corrected chi connectivity index (χ4v) is 2.15. The van der Waals surface area contributed by atoms with Crippen LogP contribution in [0.25, 0.3) is 0 Å². The van der Waals surface area contributed by atoms with Crippen LogP contribution in [0.2, 0.25) is 0 Å². The van der Waals surface area contributed by atoms with E-state index in [4.69, 9.17) is 5.73 Å². The van der Waals surface area contributed by atoms with E-state index in [1.165, 1.54) is 32.4 Å². The van der Waals surface area contributed by atoms with Crippen LogP contribution in [0.5, 0.6) is 0 Å². The predicted molar refractivity (Wildman–Crippen MR) is 71.4 cm³/mol.